The Hall–Kier alpha value is -1.67. The van der Waals surface area contributed by atoms with Crippen LogP contribution in [0, 0.1) is 25.2 Å². The molecule has 0 spiro atoms. The van der Waals surface area contributed by atoms with Crippen LogP contribution in [0.3, 0.4) is 0 Å². The van der Waals surface area contributed by atoms with Crippen LogP contribution in [0.4, 0.5) is 5.82 Å². The number of nitriles is 1. The third kappa shape index (κ3) is 2.22. The van der Waals surface area contributed by atoms with E-state index in [9.17, 15) is 10.4 Å². The van der Waals surface area contributed by atoms with Gasteiger partial charge in [0.2, 0.25) is 0 Å². The molecule has 0 aromatic carbocycles. The lowest BCUT2D eigenvalue weighted by atomic mass is 10.1. The molecule has 90 valence electrons. The Kier molecular flexibility index (Phi) is 3.25. The first-order valence-corrected chi connectivity index (χ1v) is 5.80. The van der Waals surface area contributed by atoms with Crippen molar-refractivity contribution in [3.8, 4) is 6.07 Å². The SMILES string of the molecule is Cc1nnc(N2CCC[C@@H](O)C2)c(C#N)c1C. The molecular weight excluding hydrogens is 216 g/mol. The predicted octanol–water partition coefficient (Wildman–Crippen LogP) is 0.926. The van der Waals surface area contributed by atoms with Gasteiger partial charge in [0.05, 0.1) is 11.8 Å². The normalized spacial score (nSPS) is 20.1. The Morgan fingerprint density at radius 2 is 2.18 bits per heavy atom. The van der Waals surface area contributed by atoms with Crippen molar-refractivity contribution in [3.63, 3.8) is 0 Å². The van der Waals surface area contributed by atoms with Gasteiger partial charge in [0.1, 0.15) is 11.6 Å². The van der Waals surface area contributed by atoms with Crippen LogP contribution in [0.25, 0.3) is 0 Å². The third-order valence-electron chi connectivity index (χ3n) is 3.24. The van der Waals surface area contributed by atoms with Gasteiger partial charge in [0, 0.05) is 13.1 Å². The lowest BCUT2D eigenvalue weighted by Gasteiger charge is -2.31. The van der Waals surface area contributed by atoms with Crippen molar-refractivity contribution in [1.82, 2.24) is 10.2 Å². The molecule has 5 heteroatoms. The molecule has 2 rings (SSSR count). The summed E-state index contributed by atoms with van der Waals surface area (Å²) in [5.41, 5.74) is 2.23. The number of rotatable bonds is 1. The number of hydrogen-bond donors (Lipinski definition) is 1. The van der Waals surface area contributed by atoms with Crippen molar-refractivity contribution in [2.75, 3.05) is 18.0 Å². The molecule has 1 atom stereocenters. The summed E-state index contributed by atoms with van der Waals surface area (Å²) in [7, 11) is 0. The van der Waals surface area contributed by atoms with Gasteiger partial charge in [-0.05, 0) is 32.3 Å². The number of aryl methyl sites for hydroxylation is 1. The summed E-state index contributed by atoms with van der Waals surface area (Å²) in [4.78, 5) is 1.95. The number of hydrogen-bond acceptors (Lipinski definition) is 5. The first-order chi connectivity index (χ1) is 8.13. The maximum atomic E-state index is 9.66. The zero-order valence-corrected chi connectivity index (χ0v) is 10.1. The molecule has 1 saturated heterocycles. The Balaban J connectivity index is 2.38. The van der Waals surface area contributed by atoms with Gasteiger partial charge in [0.15, 0.2) is 5.82 Å². The van der Waals surface area contributed by atoms with Crippen molar-refractivity contribution in [3.05, 3.63) is 16.8 Å². The number of aliphatic hydroxyl groups excluding tert-OH is 1. The van der Waals surface area contributed by atoms with Gasteiger partial charge >= 0.3 is 0 Å². The first kappa shape index (κ1) is 11.8. The van der Waals surface area contributed by atoms with Crippen molar-refractivity contribution in [2.24, 2.45) is 0 Å². The second-order valence-electron chi connectivity index (χ2n) is 4.46. The Morgan fingerprint density at radius 3 is 2.82 bits per heavy atom. The van der Waals surface area contributed by atoms with E-state index in [2.05, 4.69) is 16.3 Å². The second-order valence-corrected chi connectivity index (χ2v) is 4.46. The molecule has 0 radical (unpaired) electrons. The van der Waals surface area contributed by atoms with Crippen molar-refractivity contribution in [2.45, 2.75) is 32.8 Å². The number of β-amino-alcohol motifs (C(OH)–C–C–N with tert-alkyl or cyclic N) is 1. The van der Waals surface area contributed by atoms with Gasteiger partial charge in [0.25, 0.3) is 0 Å². The van der Waals surface area contributed by atoms with E-state index in [1.54, 1.807) is 0 Å². The molecule has 5 nitrogen and oxygen atoms in total. The lowest BCUT2D eigenvalue weighted by Crippen LogP contribution is -2.39. The highest BCUT2D eigenvalue weighted by molar-refractivity contribution is 5.57. The van der Waals surface area contributed by atoms with Gasteiger partial charge in [-0.25, -0.2) is 0 Å². The fourth-order valence-corrected chi connectivity index (χ4v) is 2.10. The minimum atomic E-state index is -0.335. The van der Waals surface area contributed by atoms with Crippen molar-refractivity contribution >= 4 is 5.82 Å². The molecule has 0 amide bonds. The van der Waals surface area contributed by atoms with E-state index in [1.165, 1.54) is 0 Å². The molecular formula is C12H16N4O. The lowest BCUT2D eigenvalue weighted by molar-refractivity contribution is 0.153. The molecule has 2 heterocycles. The number of aromatic nitrogens is 2. The number of aliphatic hydroxyl groups is 1. The third-order valence-corrected chi connectivity index (χ3v) is 3.24. The fraction of sp³-hybridized carbons (Fsp3) is 0.583. The molecule has 1 aromatic rings. The van der Waals surface area contributed by atoms with E-state index in [0.717, 1.165) is 30.6 Å². The summed E-state index contributed by atoms with van der Waals surface area (Å²) in [5.74, 6) is 0.606. The van der Waals surface area contributed by atoms with Gasteiger partial charge in [-0.2, -0.15) is 10.4 Å². The molecule has 0 saturated carbocycles. The van der Waals surface area contributed by atoms with Crippen LogP contribution in [-0.4, -0.2) is 34.5 Å². The molecule has 0 bridgehead atoms. The van der Waals surface area contributed by atoms with Gasteiger partial charge in [-0.3, -0.25) is 0 Å². The van der Waals surface area contributed by atoms with Crippen molar-refractivity contribution in [1.29, 1.82) is 5.26 Å². The molecule has 1 aromatic heterocycles. The van der Waals surface area contributed by atoms with Crippen molar-refractivity contribution < 1.29 is 5.11 Å². The van der Waals surface area contributed by atoms with E-state index < -0.39 is 0 Å². The van der Waals surface area contributed by atoms with E-state index in [1.807, 2.05) is 18.7 Å². The Bertz CT molecular complexity index is 466. The molecule has 1 aliphatic rings. The number of nitrogens with zero attached hydrogens (tertiary/aromatic N) is 4. The number of anilines is 1. The number of piperidine rings is 1. The average molecular weight is 232 g/mol. The topological polar surface area (TPSA) is 73.0 Å². The zero-order chi connectivity index (χ0) is 12.4. The molecule has 1 fully saturated rings. The van der Waals surface area contributed by atoms with Crippen LogP contribution in [0.15, 0.2) is 0 Å². The highest BCUT2D eigenvalue weighted by Gasteiger charge is 2.23. The quantitative estimate of drug-likeness (QED) is 0.779. The predicted molar refractivity (Wildman–Crippen MR) is 63.7 cm³/mol. The molecule has 1 aliphatic heterocycles. The Morgan fingerprint density at radius 1 is 1.41 bits per heavy atom. The summed E-state index contributed by atoms with van der Waals surface area (Å²) in [5, 5.41) is 27.0. The summed E-state index contributed by atoms with van der Waals surface area (Å²) < 4.78 is 0. The molecule has 0 aliphatic carbocycles. The summed E-state index contributed by atoms with van der Waals surface area (Å²) in [6, 6.07) is 2.19. The van der Waals surface area contributed by atoms with Gasteiger partial charge in [-0.15, -0.1) is 5.10 Å². The van der Waals surface area contributed by atoms with Crippen LogP contribution in [0.2, 0.25) is 0 Å². The summed E-state index contributed by atoms with van der Waals surface area (Å²) in [6.07, 6.45) is 1.40. The average Bonchev–Trinajstić information content (AvgIpc) is 2.32. The maximum Gasteiger partial charge on any atom is 0.169 e. The van der Waals surface area contributed by atoms with E-state index >= 15 is 0 Å². The first-order valence-electron chi connectivity index (χ1n) is 5.80. The maximum absolute atomic E-state index is 9.66. The zero-order valence-electron chi connectivity index (χ0n) is 10.1. The van der Waals surface area contributed by atoms with E-state index in [4.69, 9.17) is 0 Å². The van der Waals surface area contributed by atoms with Crippen LogP contribution in [-0.2, 0) is 0 Å². The monoisotopic (exact) mass is 232 g/mol. The summed E-state index contributed by atoms with van der Waals surface area (Å²) >= 11 is 0. The highest BCUT2D eigenvalue weighted by atomic mass is 16.3. The van der Waals surface area contributed by atoms with E-state index in [0.29, 0.717) is 17.9 Å². The Labute approximate surface area is 101 Å². The minimum Gasteiger partial charge on any atom is -0.391 e. The highest BCUT2D eigenvalue weighted by Crippen LogP contribution is 2.24. The summed E-state index contributed by atoms with van der Waals surface area (Å²) in [6.45, 7) is 5.08. The van der Waals surface area contributed by atoms with Gasteiger partial charge < -0.3 is 10.0 Å². The molecule has 0 unspecified atom stereocenters. The minimum absolute atomic E-state index is 0.335. The van der Waals surface area contributed by atoms with Gasteiger partial charge in [-0.1, -0.05) is 0 Å². The van der Waals surface area contributed by atoms with Crippen LogP contribution in [0.5, 0.6) is 0 Å². The molecule has 17 heavy (non-hydrogen) atoms. The van der Waals surface area contributed by atoms with Crippen LogP contribution in [0.1, 0.15) is 29.7 Å². The van der Waals surface area contributed by atoms with Crippen LogP contribution < -0.4 is 4.90 Å². The fourth-order valence-electron chi connectivity index (χ4n) is 2.10. The largest absolute Gasteiger partial charge is 0.391 e. The van der Waals surface area contributed by atoms with E-state index in [-0.39, 0.29) is 6.10 Å². The standard InChI is InChI=1S/C12H16N4O/c1-8-9(2)14-15-12(11(8)6-13)16-5-3-4-10(17)7-16/h10,17H,3-5,7H2,1-2H3/t10-/m1/s1. The molecule has 1 N–H and O–H groups in total. The van der Waals surface area contributed by atoms with Crippen LogP contribution >= 0.6 is 0 Å². The smallest absolute Gasteiger partial charge is 0.169 e. The second kappa shape index (κ2) is 4.68.